The van der Waals surface area contributed by atoms with Gasteiger partial charge in [0.15, 0.2) is 0 Å². The van der Waals surface area contributed by atoms with Gasteiger partial charge < -0.3 is 5.73 Å². The lowest BCUT2D eigenvalue weighted by molar-refractivity contribution is 0.692. The quantitative estimate of drug-likeness (QED) is 0.811. The first kappa shape index (κ1) is 11.1. The van der Waals surface area contributed by atoms with Crippen molar-refractivity contribution in [2.45, 2.75) is 23.8 Å². The molecule has 0 aliphatic heterocycles. The van der Waals surface area contributed by atoms with Crippen molar-refractivity contribution in [3.05, 3.63) is 35.5 Å². The fraction of sp³-hybridized carbons (Fsp3) is 0.250. The molecule has 0 radical (unpaired) electrons. The molecule has 0 bridgehead atoms. The van der Waals surface area contributed by atoms with Gasteiger partial charge in [-0.05, 0) is 37.6 Å². The third kappa shape index (κ3) is 2.22. The third-order valence-corrected chi connectivity index (χ3v) is 3.52. The molecule has 2 N–H and O–H groups in total. The number of anilines is 1. The predicted octanol–water partition coefficient (Wildman–Crippen LogP) is 2.77. The Morgan fingerprint density at radius 1 is 1.25 bits per heavy atom. The van der Waals surface area contributed by atoms with Crippen LogP contribution in [-0.2, 0) is 7.05 Å². The van der Waals surface area contributed by atoms with E-state index >= 15 is 0 Å². The van der Waals surface area contributed by atoms with E-state index < -0.39 is 0 Å². The van der Waals surface area contributed by atoms with Crippen LogP contribution in [0.2, 0.25) is 0 Å². The second-order valence-electron chi connectivity index (χ2n) is 3.89. The van der Waals surface area contributed by atoms with Crippen molar-refractivity contribution in [1.82, 2.24) is 9.78 Å². The van der Waals surface area contributed by atoms with Crippen LogP contribution in [0.5, 0.6) is 0 Å². The summed E-state index contributed by atoms with van der Waals surface area (Å²) < 4.78 is 1.87. The van der Waals surface area contributed by atoms with Crippen molar-refractivity contribution in [3.8, 4) is 0 Å². The minimum atomic E-state index is 0.823. The van der Waals surface area contributed by atoms with E-state index in [9.17, 15) is 0 Å². The number of hydrogen-bond acceptors (Lipinski definition) is 3. The Morgan fingerprint density at radius 3 is 2.56 bits per heavy atom. The van der Waals surface area contributed by atoms with Gasteiger partial charge in [0.05, 0.1) is 10.7 Å². The second-order valence-corrected chi connectivity index (χ2v) is 4.95. The van der Waals surface area contributed by atoms with E-state index in [2.05, 4.69) is 23.3 Å². The number of aryl methyl sites for hydroxylation is 3. The number of hydrogen-bond donors (Lipinski definition) is 1. The Hall–Kier alpha value is -1.42. The van der Waals surface area contributed by atoms with Crippen LogP contribution < -0.4 is 5.73 Å². The molecule has 16 heavy (non-hydrogen) atoms. The molecule has 0 atom stereocenters. The molecule has 0 aliphatic rings. The summed E-state index contributed by atoms with van der Waals surface area (Å²) in [5.74, 6) is 0. The van der Waals surface area contributed by atoms with Crippen molar-refractivity contribution in [1.29, 1.82) is 0 Å². The molecule has 84 valence electrons. The van der Waals surface area contributed by atoms with Crippen LogP contribution in [0, 0.1) is 13.8 Å². The summed E-state index contributed by atoms with van der Waals surface area (Å²) in [6.07, 6.45) is 0. The molecule has 1 heterocycles. The monoisotopic (exact) mass is 233 g/mol. The van der Waals surface area contributed by atoms with Gasteiger partial charge in [0.1, 0.15) is 0 Å². The molecule has 0 fully saturated rings. The zero-order chi connectivity index (χ0) is 11.7. The predicted molar refractivity (Wildman–Crippen MR) is 67.7 cm³/mol. The Labute approximate surface area is 99.7 Å². The number of nitrogens with zero attached hydrogens (tertiary/aromatic N) is 2. The van der Waals surface area contributed by atoms with Gasteiger partial charge in [-0.2, -0.15) is 5.10 Å². The Bertz CT molecular complexity index is 517. The number of nitrogen functional groups attached to an aromatic ring is 1. The lowest BCUT2D eigenvalue weighted by Gasteiger charge is -2.06. The molecule has 1 aromatic heterocycles. The van der Waals surface area contributed by atoms with Gasteiger partial charge in [-0.15, -0.1) is 0 Å². The fourth-order valence-electron chi connectivity index (χ4n) is 1.56. The molecule has 1 aromatic carbocycles. The maximum atomic E-state index is 5.98. The highest BCUT2D eigenvalue weighted by atomic mass is 32.2. The highest BCUT2D eigenvalue weighted by molar-refractivity contribution is 7.99. The number of aromatic nitrogens is 2. The lowest BCUT2D eigenvalue weighted by atomic mass is 10.2. The van der Waals surface area contributed by atoms with E-state index in [1.807, 2.05) is 31.6 Å². The van der Waals surface area contributed by atoms with Gasteiger partial charge in [0.2, 0.25) is 0 Å². The highest BCUT2D eigenvalue weighted by Gasteiger charge is 2.06. The molecule has 4 heteroatoms. The molecule has 2 aromatic rings. The largest absolute Gasteiger partial charge is 0.398 e. The van der Waals surface area contributed by atoms with E-state index in [4.69, 9.17) is 5.73 Å². The first-order valence-electron chi connectivity index (χ1n) is 5.11. The van der Waals surface area contributed by atoms with Gasteiger partial charge in [0.25, 0.3) is 0 Å². The Kier molecular flexibility index (Phi) is 2.92. The van der Waals surface area contributed by atoms with Crippen LogP contribution in [0.15, 0.2) is 34.2 Å². The SMILES string of the molecule is Cc1ccc(Sc2cc(C)nn2C)c(N)c1. The van der Waals surface area contributed by atoms with Crippen LogP contribution in [0.4, 0.5) is 5.69 Å². The van der Waals surface area contributed by atoms with E-state index in [1.54, 1.807) is 11.8 Å². The van der Waals surface area contributed by atoms with Crippen LogP contribution in [0.3, 0.4) is 0 Å². The van der Waals surface area contributed by atoms with E-state index in [1.165, 1.54) is 5.56 Å². The summed E-state index contributed by atoms with van der Waals surface area (Å²) in [4.78, 5) is 1.08. The topological polar surface area (TPSA) is 43.8 Å². The van der Waals surface area contributed by atoms with Crippen LogP contribution >= 0.6 is 11.8 Å². The molecule has 0 amide bonds. The van der Waals surface area contributed by atoms with Crippen LogP contribution in [0.1, 0.15) is 11.3 Å². The molecule has 0 saturated carbocycles. The first-order valence-corrected chi connectivity index (χ1v) is 5.92. The van der Waals surface area contributed by atoms with Crippen molar-refractivity contribution < 1.29 is 0 Å². The van der Waals surface area contributed by atoms with Gasteiger partial charge in [0, 0.05) is 17.6 Å². The summed E-state index contributed by atoms with van der Waals surface area (Å²) in [7, 11) is 1.94. The fourth-order valence-corrected chi connectivity index (χ4v) is 2.50. The van der Waals surface area contributed by atoms with E-state index in [0.717, 1.165) is 21.3 Å². The second kappa shape index (κ2) is 4.22. The smallest absolute Gasteiger partial charge is 0.0987 e. The van der Waals surface area contributed by atoms with Crippen molar-refractivity contribution in [3.63, 3.8) is 0 Å². The van der Waals surface area contributed by atoms with Crippen molar-refractivity contribution in [2.75, 3.05) is 5.73 Å². The van der Waals surface area contributed by atoms with E-state index in [-0.39, 0.29) is 0 Å². The molecule has 2 rings (SSSR count). The van der Waals surface area contributed by atoms with Gasteiger partial charge in [-0.3, -0.25) is 4.68 Å². The normalized spacial score (nSPS) is 10.7. The third-order valence-electron chi connectivity index (χ3n) is 2.34. The van der Waals surface area contributed by atoms with Gasteiger partial charge in [-0.1, -0.05) is 17.8 Å². The summed E-state index contributed by atoms with van der Waals surface area (Å²) in [5.41, 5.74) is 9.01. The van der Waals surface area contributed by atoms with Crippen molar-refractivity contribution >= 4 is 17.4 Å². The molecule has 0 saturated heterocycles. The van der Waals surface area contributed by atoms with Gasteiger partial charge in [-0.25, -0.2) is 0 Å². The average Bonchev–Trinajstić information content (AvgIpc) is 2.50. The number of benzene rings is 1. The molecule has 0 aliphatic carbocycles. The van der Waals surface area contributed by atoms with Crippen molar-refractivity contribution in [2.24, 2.45) is 7.05 Å². The Morgan fingerprint density at radius 2 is 2.00 bits per heavy atom. The van der Waals surface area contributed by atoms with E-state index in [0.29, 0.717) is 0 Å². The summed E-state index contributed by atoms with van der Waals surface area (Å²) in [6, 6.07) is 8.18. The molecule has 3 nitrogen and oxygen atoms in total. The minimum absolute atomic E-state index is 0.823. The lowest BCUT2D eigenvalue weighted by Crippen LogP contribution is -1.94. The number of nitrogens with two attached hydrogens (primary N) is 1. The summed E-state index contributed by atoms with van der Waals surface area (Å²) in [6.45, 7) is 4.03. The standard InChI is InChI=1S/C12H15N3S/c1-8-4-5-11(10(13)6-8)16-12-7-9(2)14-15(12)3/h4-7H,13H2,1-3H3. The summed E-state index contributed by atoms with van der Waals surface area (Å²) >= 11 is 1.65. The molecular weight excluding hydrogens is 218 g/mol. The minimum Gasteiger partial charge on any atom is -0.398 e. The zero-order valence-electron chi connectivity index (χ0n) is 9.69. The maximum absolute atomic E-state index is 5.98. The molecular formula is C12H15N3S. The summed E-state index contributed by atoms with van der Waals surface area (Å²) in [5, 5.41) is 5.41. The average molecular weight is 233 g/mol. The first-order chi connectivity index (χ1) is 7.56. The zero-order valence-corrected chi connectivity index (χ0v) is 10.5. The molecule has 0 unspecified atom stereocenters. The molecule has 0 spiro atoms. The highest BCUT2D eigenvalue weighted by Crippen LogP contribution is 2.32. The van der Waals surface area contributed by atoms with Gasteiger partial charge >= 0.3 is 0 Å². The van der Waals surface area contributed by atoms with Crippen LogP contribution in [0.25, 0.3) is 0 Å². The Balaban J connectivity index is 2.30. The maximum Gasteiger partial charge on any atom is 0.0987 e. The number of rotatable bonds is 2. The van der Waals surface area contributed by atoms with Crippen LogP contribution in [-0.4, -0.2) is 9.78 Å².